The summed E-state index contributed by atoms with van der Waals surface area (Å²) in [5.41, 5.74) is -0.112. The van der Waals surface area contributed by atoms with Crippen molar-refractivity contribution in [2.75, 3.05) is 0 Å². The summed E-state index contributed by atoms with van der Waals surface area (Å²) in [6.07, 6.45) is 2.07. The third kappa shape index (κ3) is 3.25. The highest BCUT2D eigenvalue weighted by atomic mass is 79.9. The second kappa shape index (κ2) is 5.90. The molecule has 0 spiro atoms. The first-order valence-corrected chi connectivity index (χ1v) is 6.17. The predicted molar refractivity (Wildman–Crippen MR) is 69.7 cm³/mol. The number of halogens is 1. The van der Waals surface area contributed by atoms with Crippen LogP contribution in [0.2, 0.25) is 0 Å². The molecule has 0 aliphatic carbocycles. The van der Waals surface area contributed by atoms with Gasteiger partial charge in [-0.05, 0) is 36.2 Å². The van der Waals surface area contributed by atoms with Crippen molar-refractivity contribution in [2.45, 2.75) is 33.2 Å². The van der Waals surface area contributed by atoms with E-state index in [0.717, 1.165) is 0 Å². The van der Waals surface area contributed by atoms with Crippen LogP contribution in [-0.2, 0) is 11.3 Å². The number of nitrogens with zero attached hydrogens (tertiary/aromatic N) is 2. The van der Waals surface area contributed by atoms with Gasteiger partial charge in [-0.3, -0.25) is 14.9 Å². The Bertz CT molecular complexity index is 551. The molecule has 0 aliphatic heterocycles. The molecule has 0 saturated carbocycles. The molecule has 98 valence electrons. The number of hydrogen-bond donors (Lipinski definition) is 0. The third-order valence-electron chi connectivity index (χ3n) is 2.56. The lowest BCUT2D eigenvalue weighted by Gasteiger charge is -2.07. The number of ketones is 1. The van der Waals surface area contributed by atoms with Gasteiger partial charge in [0.15, 0.2) is 0 Å². The SMILES string of the molecule is CC(=O)CCCn1cc([N+](=O)[O-])c(C)c(Br)c1=O. The van der Waals surface area contributed by atoms with Gasteiger partial charge >= 0.3 is 0 Å². The Morgan fingerprint density at radius 1 is 1.56 bits per heavy atom. The second-order valence-electron chi connectivity index (χ2n) is 4.01. The summed E-state index contributed by atoms with van der Waals surface area (Å²) in [7, 11) is 0. The van der Waals surface area contributed by atoms with Crippen LogP contribution in [0.1, 0.15) is 25.3 Å². The molecule has 0 aromatic carbocycles. The van der Waals surface area contributed by atoms with E-state index in [-0.39, 0.29) is 28.0 Å². The Balaban J connectivity index is 3.09. The topological polar surface area (TPSA) is 82.2 Å². The van der Waals surface area contributed by atoms with Gasteiger partial charge in [0.2, 0.25) is 0 Å². The van der Waals surface area contributed by atoms with Crippen LogP contribution in [0.25, 0.3) is 0 Å². The fraction of sp³-hybridized carbons (Fsp3) is 0.455. The fourth-order valence-corrected chi connectivity index (χ4v) is 1.98. The molecule has 1 heterocycles. The minimum atomic E-state index is -0.527. The minimum absolute atomic E-state index is 0.0312. The summed E-state index contributed by atoms with van der Waals surface area (Å²) in [6, 6.07) is 0. The molecule has 0 aliphatic rings. The average Bonchev–Trinajstić information content (AvgIpc) is 2.28. The van der Waals surface area contributed by atoms with Crippen LogP contribution in [-0.4, -0.2) is 15.3 Å². The van der Waals surface area contributed by atoms with Crippen LogP contribution < -0.4 is 5.56 Å². The summed E-state index contributed by atoms with van der Waals surface area (Å²) in [4.78, 5) is 33.0. The Labute approximate surface area is 112 Å². The first kappa shape index (κ1) is 14.6. The highest BCUT2D eigenvalue weighted by Crippen LogP contribution is 2.22. The van der Waals surface area contributed by atoms with Crippen molar-refractivity contribution < 1.29 is 9.72 Å². The molecule has 1 aromatic rings. The molecular weight excluding hydrogens is 304 g/mol. The monoisotopic (exact) mass is 316 g/mol. The van der Waals surface area contributed by atoms with Gasteiger partial charge in [0, 0.05) is 18.5 Å². The van der Waals surface area contributed by atoms with Gasteiger partial charge in [0.1, 0.15) is 5.78 Å². The van der Waals surface area contributed by atoms with Gasteiger partial charge in [0.05, 0.1) is 15.6 Å². The van der Waals surface area contributed by atoms with E-state index in [1.54, 1.807) is 0 Å². The minimum Gasteiger partial charge on any atom is -0.308 e. The van der Waals surface area contributed by atoms with Crippen molar-refractivity contribution >= 4 is 27.4 Å². The number of aromatic nitrogens is 1. The van der Waals surface area contributed by atoms with Gasteiger partial charge in [-0.1, -0.05) is 0 Å². The quantitative estimate of drug-likeness (QED) is 0.616. The lowest BCUT2D eigenvalue weighted by atomic mass is 10.2. The number of rotatable bonds is 5. The molecule has 6 nitrogen and oxygen atoms in total. The molecule has 7 heteroatoms. The van der Waals surface area contributed by atoms with Gasteiger partial charge in [-0.15, -0.1) is 0 Å². The van der Waals surface area contributed by atoms with E-state index in [1.807, 2.05) is 0 Å². The van der Waals surface area contributed by atoms with Gasteiger partial charge in [-0.25, -0.2) is 0 Å². The normalized spacial score (nSPS) is 10.4. The van der Waals surface area contributed by atoms with E-state index in [2.05, 4.69) is 15.9 Å². The molecule has 1 aromatic heterocycles. The molecule has 0 N–H and O–H groups in total. The summed E-state index contributed by atoms with van der Waals surface area (Å²) < 4.78 is 1.46. The van der Waals surface area contributed by atoms with E-state index in [0.29, 0.717) is 18.4 Å². The third-order valence-corrected chi connectivity index (χ3v) is 3.50. The maximum absolute atomic E-state index is 11.8. The Morgan fingerprint density at radius 3 is 2.67 bits per heavy atom. The number of carbonyl (C=O) groups is 1. The zero-order chi connectivity index (χ0) is 13.9. The molecular formula is C11H13BrN2O4. The van der Waals surface area contributed by atoms with Crippen molar-refractivity contribution in [3.05, 3.63) is 36.7 Å². The molecule has 18 heavy (non-hydrogen) atoms. The summed E-state index contributed by atoms with van der Waals surface area (Å²) in [5.74, 6) is 0.0312. The van der Waals surface area contributed by atoms with Crippen LogP contribution in [0.5, 0.6) is 0 Å². The highest BCUT2D eigenvalue weighted by molar-refractivity contribution is 9.10. The zero-order valence-electron chi connectivity index (χ0n) is 10.1. The Morgan fingerprint density at radius 2 is 2.17 bits per heavy atom. The Kier molecular flexibility index (Phi) is 4.77. The zero-order valence-corrected chi connectivity index (χ0v) is 11.7. The lowest BCUT2D eigenvalue weighted by Crippen LogP contribution is -2.22. The predicted octanol–water partition coefficient (Wildman–Crippen LogP) is 2.20. The maximum atomic E-state index is 11.8. The molecule has 0 bridgehead atoms. The van der Waals surface area contributed by atoms with E-state index in [4.69, 9.17) is 0 Å². The maximum Gasteiger partial charge on any atom is 0.289 e. The van der Waals surface area contributed by atoms with E-state index < -0.39 is 4.92 Å². The molecule has 0 atom stereocenters. The largest absolute Gasteiger partial charge is 0.308 e. The number of carbonyl (C=O) groups excluding carboxylic acids is 1. The van der Waals surface area contributed by atoms with Crippen LogP contribution in [0.15, 0.2) is 15.5 Å². The van der Waals surface area contributed by atoms with Crippen LogP contribution in [0.4, 0.5) is 5.69 Å². The fourth-order valence-electron chi connectivity index (χ4n) is 1.55. The standard InChI is InChI=1S/C11H13BrN2O4/c1-7(15)4-3-5-13-6-9(14(17)18)8(2)10(12)11(13)16/h6H,3-5H2,1-2H3. The molecule has 0 radical (unpaired) electrons. The molecule has 1 rings (SSSR count). The number of pyridine rings is 1. The van der Waals surface area contributed by atoms with Crippen LogP contribution in [0.3, 0.4) is 0 Å². The van der Waals surface area contributed by atoms with Crippen molar-refractivity contribution in [1.82, 2.24) is 4.57 Å². The molecule has 0 amide bonds. The van der Waals surface area contributed by atoms with Crippen molar-refractivity contribution in [3.63, 3.8) is 0 Å². The first-order chi connectivity index (χ1) is 8.34. The number of Topliss-reactive ketones (excluding diaryl/α,β-unsaturated/α-hetero) is 1. The molecule has 0 saturated heterocycles. The number of hydrogen-bond acceptors (Lipinski definition) is 4. The first-order valence-electron chi connectivity index (χ1n) is 5.38. The summed E-state index contributed by atoms with van der Waals surface area (Å²) in [6.45, 7) is 3.28. The van der Waals surface area contributed by atoms with E-state index in [9.17, 15) is 19.7 Å². The summed E-state index contributed by atoms with van der Waals surface area (Å²) >= 11 is 3.07. The number of nitro groups is 1. The number of aryl methyl sites for hydroxylation is 1. The highest BCUT2D eigenvalue weighted by Gasteiger charge is 2.18. The van der Waals surface area contributed by atoms with Gasteiger partial charge < -0.3 is 9.36 Å². The molecule has 0 unspecified atom stereocenters. The Hall–Kier alpha value is -1.50. The smallest absolute Gasteiger partial charge is 0.289 e. The summed E-state index contributed by atoms with van der Waals surface area (Å²) in [5, 5.41) is 10.8. The average molecular weight is 317 g/mol. The van der Waals surface area contributed by atoms with E-state index >= 15 is 0 Å². The van der Waals surface area contributed by atoms with Gasteiger partial charge in [0.25, 0.3) is 11.2 Å². The van der Waals surface area contributed by atoms with Crippen molar-refractivity contribution in [1.29, 1.82) is 0 Å². The second-order valence-corrected chi connectivity index (χ2v) is 4.81. The van der Waals surface area contributed by atoms with Crippen molar-refractivity contribution in [2.24, 2.45) is 0 Å². The van der Waals surface area contributed by atoms with E-state index in [1.165, 1.54) is 24.6 Å². The van der Waals surface area contributed by atoms with Gasteiger partial charge in [-0.2, -0.15) is 0 Å². The van der Waals surface area contributed by atoms with Crippen LogP contribution in [0, 0.1) is 17.0 Å². The van der Waals surface area contributed by atoms with Crippen molar-refractivity contribution in [3.8, 4) is 0 Å². The lowest BCUT2D eigenvalue weighted by molar-refractivity contribution is -0.386. The van der Waals surface area contributed by atoms with Crippen LogP contribution >= 0.6 is 15.9 Å². The molecule has 0 fully saturated rings.